The molecule has 0 spiro atoms. The van der Waals surface area contributed by atoms with E-state index in [1.54, 1.807) is 5.38 Å². The summed E-state index contributed by atoms with van der Waals surface area (Å²) in [6, 6.07) is 29.1. The minimum absolute atomic E-state index is 0.153. The van der Waals surface area contributed by atoms with Crippen LogP contribution in [0.4, 0.5) is 5.13 Å². The fourth-order valence-corrected chi connectivity index (χ4v) is 6.13. The predicted octanol–water partition coefficient (Wildman–Crippen LogP) is 4.43. The van der Waals surface area contributed by atoms with Gasteiger partial charge in [-0.25, -0.2) is 9.78 Å². The molecule has 226 valence electrons. The summed E-state index contributed by atoms with van der Waals surface area (Å²) >= 11 is 2.63. The first-order chi connectivity index (χ1) is 21.2. The molecule has 0 saturated carbocycles. The molecule has 1 saturated heterocycles. The van der Waals surface area contributed by atoms with Gasteiger partial charge in [-0.2, -0.15) is 0 Å². The number of thioether (sulfide) groups is 1. The highest BCUT2D eigenvalue weighted by Crippen LogP contribution is 2.40. The van der Waals surface area contributed by atoms with E-state index in [1.165, 1.54) is 36.9 Å². The zero-order valence-corrected chi connectivity index (χ0v) is 25.8. The number of benzene rings is 3. The highest BCUT2D eigenvalue weighted by Gasteiger charge is 2.42. The molecular weight excluding hydrogens is 599 g/mol. The monoisotopic (exact) mass is 629 g/mol. The molecule has 1 aromatic heterocycles. The van der Waals surface area contributed by atoms with Crippen molar-refractivity contribution in [3.8, 4) is 0 Å². The quantitative estimate of drug-likeness (QED) is 0.0781. The number of carboxylic acids is 1. The number of thiazole rings is 1. The van der Waals surface area contributed by atoms with Crippen LogP contribution in [-0.4, -0.2) is 56.9 Å². The fourth-order valence-electron chi connectivity index (χ4n) is 4.69. The second-order valence-corrected chi connectivity index (χ2v) is 12.3. The topological polar surface area (TPSA) is 142 Å². The van der Waals surface area contributed by atoms with Gasteiger partial charge in [-0.05, 0) is 36.8 Å². The van der Waals surface area contributed by atoms with Crippen LogP contribution < -0.4 is 16.0 Å². The molecule has 0 aliphatic carbocycles. The molecule has 44 heavy (non-hydrogen) atoms. The maximum absolute atomic E-state index is 13.5. The third-order valence-corrected chi connectivity index (χ3v) is 8.82. The van der Waals surface area contributed by atoms with E-state index in [0.717, 1.165) is 16.7 Å². The molecule has 5 rings (SSSR count). The number of oxime groups is 1. The average Bonchev–Trinajstić information content (AvgIpc) is 3.50. The molecule has 1 fully saturated rings. The number of β-lactam (4-membered cyclic amide) rings is 1. The molecule has 1 aliphatic rings. The van der Waals surface area contributed by atoms with Gasteiger partial charge >= 0.3 is 5.97 Å². The summed E-state index contributed by atoms with van der Waals surface area (Å²) in [5.41, 5.74) is 0.203. The van der Waals surface area contributed by atoms with E-state index in [9.17, 15) is 19.5 Å². The number of aliphatic carboxylic acids is 1. The SMILES string of the molecule is CS[C@H]1NC(=O)[C@H]1NC(=O)/C(=N/OC(C)(C)C(=O)O)c1csc(NC(c2ccccc2)(c2ccccc2)c2ccccc2)n1. The van der Waals surface area contributed by atoms with Gasteiger partial charge in [-0.1, -0.05) is 96.2 Å². The average molecular weight is 630 g/mol. The molecule has 4 N–H and O–H groups in total. The van der Waals surface area contributed by atoms with E-state index in [-0.39, 0.29) is 22.7 Å². The van der Waals surface area contributed by atoms with Crippen LogP contribution in [0.15, 0.2) is 102 Å². The highest BCUT2D eigenvalue weighted by atomic mass is 32.2. The van der Waals surface area contributed by atoms with Crippen molar-refractivity contribution in [1.82, 2.24) is 15.6 Å². The number of carbonyl (C=O) groups is 3. The lowest BCUT2D eigenvalue weighted by molar-refractivity contribution is -0.161. The lowest BCUT2D eigenvalue weighted by atomic mass is 9.77. The number of hydrogen-bond donors (Lipinski definition) is 4. The summed E-state index contributed by atoms with van der Waals surface area (Å²) in [6.07, 6.45) is 1.81. The van der Waals surface area contributed by atoms with Crippen LogP contribution in [0.3, 0.4) is 0 Å². The molecule has 3 aromatic carbocycles. The van der Waals surface area contributed by atoms with Gasteiger partial charge in [0.05, 0.1) is 0 Å². The Morgan fingerprint density at radius 1 is 0.955 bits per heavy atom. The number of nitrogens with one attached hydrogen (secondary N) is 3. The van der Waals surface area contributed by atoms with Gasteiger partial charge in [-0.3, -0.25) is 9.59 Å². The first-order valence-electron chi connectivity index (χ1n) is 13.7. The Balaban J connectivity index is 1.57. The first-order valence-corrected chi connectivity index (χ1v) is 15.9. The number of rotatable bonds is 12. The zero-order valence-electron chi connectivity index (χ0n) is 24.2. The van der Waals surface area contributed by atoms with Crippen molar-refractivity contribution in [3.63, 3.8) is 0 Å². The lowest BCUT2D eigenvalue weighted by Gasteiger charge is -2.36. The number of aromatic nitrogens is 1. The number of amides is 2. The van der Waals surface area contributed by atoms with Crippen LogP contribution in [0.1, 0.15) is 36.2 Å². The minimum Gasteiger partial charge on any atom is -0.478 e. The molecule has 10 nitrogen and oxygen atoms in total. The summed E-state index contributed by atoms with van der Waals surface area (Å²) in [5.74, 6) is -2.31. The largest absolute Gasteiger partial charge is 0.478 e. The van der Waals surface area contributed by atoms with Crippen molar-refractivity contribution in [2.75, 3.05) is 11.6 Å². The second kappa shape index (κ2) is 12.9. The Hall–Kier alpha value is -4.68. The molecule has 12 heteroatoms. The molecule has 2 amide bonds. The Morgan fingerprint density at radius 3 is 1.93 bits per heavy atom. The molecule has 2 heterocycles. The number of hydrogen-bond acceptors (Lipinski definition) is 9. The van der Waals surface area contributed by atoms with Crippen LogP contribution >= 0.6 is 23.1 Å². The van der Waals surface area contributed by atoms with Crippen molar-refractivity contribution >= 4 is 51.7 Å². The smallest absolute Gasteiger partial charge is 0.350 e. The van der Waals surface area contributed by atoms with Gasteiger partial charge in [-0.15, -0.1) is 23.1 Å². The summed E-state index contributed by atoms with van der Waals surface area (Å²) < 4.78 is 0. The normalized spacial score (nSPS) is 16.8. The van der Waals surface area contributed by atoms with Crippen molar-refractivity contribution < 1.29 is 24.3 Å². The second-order valence-electron chi connectivity index (χ2n) is 10.5. The fraction of sp³-hybridized carbons (Fsp3) is 0.219. The molecule has 2 atom stereocenters. The van der Waals surface area contributed by atoms with Crippen molar-refractivity contribution in [2.24, 2.45) is 5.16 Å². The van der Waals surface area contributed by atoms with Gasteiger partial charge in [0.1, 0.15) is 22.6 Å². The summed E-state index contributed by atoms with van der Waals surface area (Å²) in [5, 5.41) is 24.3. The number of nitrogens with zero attached hydrogens (tertiary/aromatic N) is 2. The highest BCUT2D eigenvalue weighted by molar-refractivity contribution is 7.99. The van der Waals surface area contributed by atoms with E-state index in [2.05, 4.69) is 21.1 Å². The first kappa shape index (κ1) is 30.8. The standard InChI is InChI=1S/C32H31N5O5S2/c1-31(2,29(40)41)42-37-24(26(38)34-25-27(39)35-28(25)43-3)23-19-44-30(33-23)36-32(20-13-7-4-8-14-20,21-15-9-5-10-16-21)22-17-11-6-12-18-22/h4-19,25,28H,1-3H3,(H,33,36)(H,34,38)(H,35,39)(H,40,41)/b37-24+/t25-,28-/m1/s1. The Morgan fingerprint density at radius 2 is 1.48 bits per heavy atom. The third kappa shape index (κ3) is 6.17. The number of anilines is 1. The van der Waals surface area contributed by atoms with Gasteiger partial charge in [0.25, 0.3) is 5.91 Å². The molecular formula is C32H31N5O5S2. The van der Waals surface area contributed by atoms with E-state index in [0.29, 0.717) is 5.13 Å². The molecule has 4 aromatic rings. The van der Waals surface area contributed by atoms with E-state index in [1.807, 2.05) is 97.3 Å². The zero-order chi connectivity index (χ0) is 31.3. The number of carbonyl (C=O) groups excluding carboxylic acids is 2. The van der Waals surface area contributed by atoms with E-state index >= 15 is 0 Å². The van der Waals surface area contributed by atoms with E-state index < -0.39 is 29.1 Å². The Labute approximate surface area is 262 Å². The van der Waals surface area contributed by atoms with Crippen LogP contribution in [0, 0.1) is 0 Å². The Kier molecular flexibility index (Phi) is 9.02. The summed E-state index contributed by atoms with van der Waals surface area (Å²) in [4.78, 5) is 47.4. The van der Waals surface area contributed by atoms with Crippen molar-refractivity contribution in [2.45, 2.75) is 36.4 Å². The molecule has 0 radical (unpaired) electrons. The number of carboxylic acid groups (broad SMARTS) is 1. The Bertz CT molecular complexity index is 1570. The van der Waals surface area contributed by atoms with Crippen LogP contribution in [0.2, 0.25) is 0 Å². The molecule has 0 unspecified atom stereocenters. The van der Waals surface area contributed by atoms with Gasteiger partial charge in [0.2, 0.25) is 11.5 Å². The van der Waals surface area contributed by atoms with E-state index in [4.69, 9.17) is 9.82 Å². The minimum atomic E-state index is -1.72. The van der Waals surface area contributed by atoms with Gasteiger partial charge in [0, 0.05) is 5.38 Å². The summed E-state index contributed by atoms with van der Waals surface area (Å²) in [7, 11) is 0. The maximum atomic E-state index is 13.5. The molecule has 1 aliphatic heterocycles. The third-order valence-electron chi connectivity index (χ3n) is 7.17. The van der Waals surface area contributed by atoms with Crippen LogP contribution in [0.5, 0.6) is 0 Å². The van der Waals surface area contributed by atoms with Crippen LogP contribution in [-0.2, 0) is 24.8 Å². The maximum Gasteiger partial charge on any atom is 0.350 e. The van der Waals surface area contributed by atoms with Gasteiger partial charge in [0.15, 0.2) is 10.8 Å². The van der Waals surface area contributed by atoms with Gasteiger partial charge < -0.3 is 25.9 Å². The van der Waals surface area contributed by atoms with Crippen molar-refractivity contribution in [3.05, 3.63) is 119 Å². The summed E-state index contributed by atoms with van der Waals surface area (Å²) in [6.45, 7) is 2.64. The van der Waals surface area contributed by atoms with Crippen LogP contribution in [0.25, 0.3) is 0 Å². The predicted molar refractivity (Wildman–Crippen MR) is 172 cm³/mol. The van der Waals surface area contributed by atoms with Crippen molar-refractivity contribution in [1.29, 1.82) is 0 Å². The lowest BCUT2D eigenvalue weighted by Crippen LogP contribution is -2.68. The molecule has 0 bridgehead atoms.